The molecule has 0 aliphatic rings. The molecule has 0 saturated heterocycles. The van der Waals surface area contributed by atoms with Crippen molar-refractivity contribution in [3.05, 3.63) is 47.7 Å². The molecule has 1 aromatic carbocycles. The molecule has 0 amide bonds. The maximum Gasteiger partial charge on any atom is 0.339 e. The van der Waals surface area contributed by atoms with E-state index >= 15 is 0 Å². The van der Waals surface area contributed by atoms with Crippen LogP contribution in [0.25, 0.3) is 11.3 Å². The summed E-state index contributed by atoms with van der Waals surface area (Å²) >= 11 is 0. The Labute approximate surface area is 96.8 Å². The van der Waals surface area contributed by atoms with Crippen molar-refractivity contribution in [1.82, 2.24) is 9.97 Å². The Morgan fingerprint density at radius 1 is 1.35 bits per heavy atom. The Kier molecular flexibility index (Phi) is 2.82. The van der Waals surface area contributed by atoms with Gasteiger partial charge in [-0.3, -0.25) is 0 Å². The van der Waals surface area contributed by atoms with E-state index in [1.165, 1.54) is 24.4 Å². The molecule has 1 aromatic heterocycles. The molecule has 17 heavy (non-hydrogen) atoms. The average Bonchev–Trinajstić information content (AvgIpc) is 2.29. The van der Waals surface area contributed by atoms with E-state index in [0.717, 1.165) is 0 Å². The predicted molar refractivity (Wildman–Crippen MR) is 59.1 cm³/mol. The van der Waals surface area contributed by atoms with Crippen LogP contribution in [0.2, 0.25) is 0 Å². The first-order valence-electron chi connectivity index (χ1n) is 4.91. The van der Waals surface area contributed by atoms with E-state index < -0.39 is 11.8 Å². The van der Waals surface area contributed by atoms with Crippen LogP contribution in [0, 0.1) is 12.7 Å². The van der Waals surface area contributed by atoms with Gasteiger partial charge in [0.1, 0.15) is 17.2 Å². The number of halogens is 1. The van der Waals surface area contributed by atoms with Crippen molar-refractivity contribution in [3.63, 3.8) is 0 Å². The molecule has 0 fully saturated rings. The van der Waals surface area contributed by atoms with Crippen LogP contribution in [0.15, 0.2) is 30.5 Å². The van der Waals surface area contributed by atoms with Gasteiger partial charge in [-0.25, -0.2) is 19.2 Å². The van der Waals surface area contributed by atoms with E-state index in [-0.39, 0.29) is 16.8 Å². The molecule has 0 saturated carbocycles. The highest BCUT2D eigenvalue weighted by molar-refractivity contribution is 5.94. The summed E-state index contributed by atoms with van der Waals surface area (Å²) in [4.78, 5) is 18.8. The highest BCUT2D eigenvalue weighted by Gasteiger charge is 2.16. The minimum atomic E-state index is -1.18. The maximum atomic E-state index is 13.6. The van der Waals surface area contributed by atoms with Gasteiger partial charge in [-0.1, -0.05) is 12.1 Å². The van der Waals surface area contributed by atoms with Crippen molar-refractivity contribution in [3.8, 4) is 11.3 Å². The zero-order valence-corrected chi connectivity index (χ0v) is 9.01. The van der Waals surface area contributed by atoms with Crippen molar-refractivity contribution >= 4 is 5.97 Å². The molecule has 0 radical (unpaired) electrons. The average molecular weight is 232 g/mol. The SMILES string of the molecule is Cc1ncc(C(=O)O)c(-c2ccccc2F)n1. The summed E-state index contributed by atoms with van der Waals surface area (Å²) in [6, 6.07) is 5.91. The molecule has 86 valence electrons. The Morgan fingerprint density at radius 3 is 2.71 bits per heavy atom. The van der Waals surface area contributed by atoms with Gasteiger partial charge in [0.15, 0.2) is 0 Å². The summed E-state index contributed by atoms with van der Waals surface area (Å²) in [5.74, 6) is -1.29. The lowest BCUT2D eigenvalue weighted by atomic mass is 10.1. The smallest absolute Gasteiger partial charge is 0.339 e. The summed E-state index contributed by atoms with van der Waals surface area (Å²) < 4.78 is 13.6. The van der Waals surface area contributed by atoms with Crippen LogP contribution >= 0.6 is 0 Å². The van der Waals surface area contributed by atoms with Gasteiger partial charge in [0.05, 0.1) is 5.69 Å². The number of nitrogens with zero attached hydrogens (tertiary/aromatic N) is 2. The summed E-state index contributed by atoms with van der Waals surface area (Å²) in [7, 11) is 0. The van der Waals surface area contributed by atoms with Gasteiger partial charge in [-0.15, -0.1) is 0 Å². The van der Waals surface area contributed by atoms with E-state index in [1.807, 2.05) is 0 Å². The zero-order valence-electron chi connectivity index (χ0n) is 9.01. The van der Waals surface area contributed by atoms with Crippen LogP contribution in [-0.4, -0.2) is 21.0 Å². The number of benzene rings is 1. The van der Waals surface area contributed by atoms with Gasteiger partial charge in [0.25, 0.3) is 0 Å². The second-order valence-electron chi connectivity index (χ2n) is 3.46. The number of carboxylic acid groups (broad SMARTS) is 1. The second-order valence-corrected chi connectivity index (χ2v) is 3.46. The molecule has 0 bridgehead atoms. The van der Waals surface area contributed by atoms with E-state index in [0.29, 0.717) is 5.82 Å². The summed E-state index contributed by atoms with van der Waals surface area (Å²) in [5.41, 5.74) is 0.152. The Morgan fingerprint density at radius 2 is 2.06 bits per heavy atom. The molecule has 0 spiro atoms. The number of hydrogen-bond donors (Lipinski definition) is 1. The van der Waals surface area contributed by atoms with Gasteiger partial charge >= 0.3 is 5.97 Å². The molecule has 2 rings (SSSR count). The van der Waals surface area contributed by atoms with E-state index in [1.54, 1.807) is 13.0 Å². The highest BCUT2D eigenvalue weighted by Crippen LogP contribution is 2.23. The third-order valence-corrected chi connectivity index (χ3v) is 2.27. The van der Waals surface area contributed by atoms with Crippen LogP contribution in [0.5, 0.6) is 0 Å². The quantitative estimate of drug-likeness (QED) is 0.862. The largest absolute Gasteiger partial charge is 0.478 e. The molecular formula is C12H9FN2O2. The molecule has 0 unspecified atom stereocenters. The molecule has 0 aliphatic heterocycles. The fourth-order valence-corrected chi connectivity index (χ4v) is 1.49. The van der Waals surface area contributed by atoms with Crippen LogP contribution < -0.4 is 0 Å². The maximum absolute atomic E-state index is 13.6. The van der Waals surface area contributed by atoms with Gasteiger partial charge in [-0.2, -0.15) is 0 Å². The zero-order chi connectivity index (χ0) is 12.4. The van der Waals surface area contributed by atoms with Crippen molar-refractivity contribution < 1.29 is 14.3 Å². The van der Waals surface area contributed by atoms with Gasteiger partial charge in [-0.05, 0) is 19.1 Å². The van der Waals surface area contributed by atoms with Crippen molar-refractivity contribution in [2.24, 2.45) is 0 Å². The topological polar surface area (TPSA) is 63.1 Å². The van der Waals surface area contributed by atoms with Crippen molar-refractivity contribution in [2.75, 3.05) is 0 Å². The highest BCUT2D eigenvalue weighted by atomic mass is 19.1. The van der Waals surface area contributed by atoms with Gasteiger partial charge < -0.3 is 5.11 Å². The lowest BCUT2D eigenvalue weighted by Gasteiger charge is -2.06. The minimum Gasteiger partial charge on any atom is -0.478 e. The fourth-order valence-electron chi connectivity index (χ4n) is 1.49. The lowest BCUT2D eigenvalue weighted by Crippen LogP contribution is -2.05. The van der Waals surface area contributed by atoms with Gasteiger partial charge in [0.2, 0.25) is 0 Å². The Balaban J connectivity index is 2.70. The van der Waals surface area contributed by atoms with E-state index in [2.05, 4.69) is 9.97 Å². The number of rotatable bonds is 2. The third-order valence-electron chi connectivity index (χ3n) is 2.27. The first kappa shape index (κ1) is 11.2. The standard InChI is InChI=1S/C12H9FN2O2/c1-7-14-6-9(12(16)17)11(15-7)8-4-2-3-5-10(8)13/h2-6H,1H3,(H,16,17). The first-order chi connectivity index (χ1) is 8.09. The van der Waals surface area contributed by atoms with Crippen LogP contribution in [0.3, 0.4) is 0 Å². The number of carbonyl (C=O) groups is 1. The molecule has 2 aromatic rings. The second kappa shape index (κ2) is 4.29. The van der Waals surface area contributed by atoms with Crippen molar-refractivity contribution in [1.29, 1.82) is 0 Å². The van der Waals surface area contributed by atoms with Crippen molar-refractivity contribution in [2.45, 2.75) is 6.92 Å². The van der Waals surface area contributed by atoms with E-state index in [9.17, 15) is 9.18 Å². The number of aromatic nitrogens is 2. The number of aromatic carboxylic acids is 1. The minimum absolute atomic E-state index is 0.100. The molecule has 0 atom stereocenters. The molecule has 4 nitrogen and oxygen atoms in total. The first-order valence-corrected chi connectivity index (χ1v) is 4.91. The Bertz CT molecular complexity index is 584. The summed E-state index contributed by atoms with van der Waals surface area (Å²) in [5, 5.41) is 9.01. The summed E-state index contributed by atoms with van der Waals surface area (Å²) in [6.07, 6.45) is 1.19. The monoisotopic (exact) mass is 232 g/mol. The molecule has 0 aliphatic carbocycles. The summed E-state index contributed by atoms with van der Waals surface area (Å²) in [6.45, 7) is 1.62. The number of hydrogen-bond acceptors (Lipinski definition) is 3. The lowest BCUT2D eigenvalue weighted by molar-refractivity contribution is 0.0697. The predicted octanol–water partition coefficient (Wildman–Crippen LogP) is 2.29. The van der Waals surface area contributed by atoms with Gasteiger partial charge in [0, 0.05) is 11.8 Å². The van der Waals surface area contributed by atoms with E-state index in [4.69, 9.17) is 5.11 Å². The fraction of sp³-hybridized carbons (Fsp3) is 0.0833. The number of carboxylic acids is 1. The molecular weight excluding hydrogens is 223 g/mol. The van der Waals surface area contributed by atoms with Crippen LogP contribution in [-0.2, 0) is 0 Å². The molecule has 5 heteroatoms. The number of aryl methyl sites for hydroxylation is 1. The van der Waals surface area contributed by atoms with Crippen LogP contribution in [0.1, 0.15) is 16.2 Å². The molecule has 1 heterocycles. The Hall–Kier alpha value is -2.30. The third kappa shape index (κ3) is 2.13. The molecule has 1 N–H and O–H groups in total. The van der Waals surface area contributed by atoms with Crippen LogP contribution in [0.4, 0.5) is 4.39 Å². The normalized spacial score (nSPS) is 10.2.